The molecule has 1 aliphatic rings. The SMILES string of the molecule is CCOc1ccc(S(=O)(=O)Nc2ccc3c(c2)CCCN3S(C)(=O)=O)cc1. The summed E-state index contributed by atoms with van der Waals surface area (Å²) in [6, 6.07) is 11.1. The summed E-state index contributed by atoms with van der Waals surface area (Å²) >= 11 is 0. The van der Waals surface area contributed by atoms with Gasteiger partial charge in [0.25, 0.3) is 10.0 Å². The van der Waals surface area contributed by atoms with Crippen LogP contribution in [0.4, 0.5) is 11.4 Å². The first-order chi connectivity index (χ1) is 12.7. The number of hydrogen-bond acceptors (Lipinski definition) is 5. The summed E-state index contributed by atoms with van der Waals surface area (Å²) < 4.78 is 58.3. The molecule has 0 saturated heterocycles. The Hall–Kier alpha value is -2.26. The fraction of sp³-hybridized carbons (Fsp3) is 0.333. The monoisotopic (exact) mass is 410 g/mol. The fourth-order valence-corrected chi connectivity index (χ4v) is 5.11. The summed E-state index contributed by atoms with van der Waals surface area (Å²) in [6.07, 6.45) is 2.56. The summed E-state index contributed by atoms with van der Waals surface area (Å²) in [6.45, 7) is 2.79. The van der Waals surface area contributed by atoms with Crippen molar-refractivity contribution in [2.45, 2.75) is 24.7 Å². The standard InChI is InChI=1S/C18H22N2O5S2/c1-3-25-16-7-9-17(10-8-16)27(23,24)19-15-6-11-18-14(13-15)5-4-12-20(18)26(2,21)22/h6-11,13,19H,3-5,12H2,1-2H3. The zero-order chi connectivity index (χ0) is 19.7. The van der Waals surface area contributed by atoms with E-state index in [0.717, 1.165) is 5.56 Å². The number of nitrogens with one attached hydrogen (secondary N) is 1. The molecule has 1 aliphatic heterocycles. The lowest BCUT2D eigenvalue weighted by molar-refractivity contribution is 0.340. The molecule has 0 atom stereocenters. The molecule has 0 aliphatic carbocycles. The van der Waals surface area contributed by atoms with Crippen LogP contribution in [0.15, 0.2) is 47.4 Å². The molecule has 1 N–H and O–H groups in total. The number of anilines is 2. The highest BCUT2D eigenvalue weighted by atomic mass is 32.2. The quantitative estimate of drug-likeness (QED) is 0.790. The topological polar surface area (TPSA) is 92.8 Å². The van der Waals surface area contributed by atoms with E-state index in [2.05, 4.69) is 4.72 Å². The largest absolute Gasteiger partial charge is 0.494 e. The lowest BCUT2D eigenvalue weighted by Gasteiger charge is -2.29. The Labute approximate surface area is 160 Å². The summed E-state index contributed by atoms with van der Waals surface area (Å²) in [7, 11) is -7.11. The van der Waals surface area contributed by atoms with Gasteiger partial charge in [-0.3, -0.25) is 9.03 Å². The lowest BCUT2D eigenvalue weighted by atomic mass is 10.0. The molecule has 0 spiro atoms. The van der Waals surface area contributed by atoms with Gasteiger partial charge in [-0.1, -0.05) is 0 Å². The Balaban J connectivity index is 1.85. The molecular formula is C18H22N2O5S2. The molecule has 0 bridgehead atoms. The van der Waals surface area contributed by atoms with Gasteiger partial charge in [0.05, 0.1) is 23.4 Å². The third-order valence-electron chi connectivity index (χ3n) is 4.25. The molecule has 0 saturated carbocycles. The van der Waals surface area contributed by atoms with Crippen molar-refractivity contribution in [2.24, 2.45) is 0 Å². The Morgan fingerprint density at radius 3 is 2.41 bits per heavy atom. The van der Waals surface area contributed by atoms with Crippen molar-refractivity contribution in [2.75, 3.05) is 28.4 Å². The van der Waals surface area contributed by atoms with E-state index in [1.54, 1.807) is 30.3 Å². The van der Waals surface area contributed by atoms with Crippen molar-refractivity contribution in [3.63, 3.8) is 0 Å². The highest BCUT2D eigenvalue weighted by molar-refractivity contribution is 7.92. The van der Waals surface area contributed by atoms with Gasteiger partial charge in [-0.15, -0.1) is 0 Å². The van der Waals surface area contributed by atoms with Gasteiger partial charge < -0.3 is 4.74 Å². The zero-order valence-corrected chi connectivity index (χ0v) is 16.8. The second-order valence-corrected chi connectivity index (χ2v) is 9.88. The van der Waals surface area contributed by atoms with Crippen molar-refractivity contribution in [1.82, 2.24) is 0 Å². The van der Waals surface area contributed by atoms with Gasteiger partial charge in [0.1, 0.15) is 5.75 Å². The molecule has 0 fully saturated rings. The highest BCUT2D eigenvalue weighted by Gasteiger charge is 2.24. The van der Waals surface area contributed by atoms with Crippen LogP contribution in [0.25, 0.3) is 0 Å². The number of ether oxygens (including phenoxy) is 1. The average Bonchev–Trinajstić information content (AvgIpc) is 2.60. The predicted molar refractivity (Wildman–Crippen MR) is 105 cm³/mol. The number of fused-ring (bicyclic) bond motifs is 1. The van der Waals surface area contributed by atoms with Crippen molar-refractivity contribution in [1.29, 1.82) is 0 Å². The van der Waals surface area contributed by atoms with E-state index in [0.29, 0.717) is 43.1 Å². The van der Waals surface area contributed by atoms with Crippen LogP contribution in [0.3, 0.4) is 0 Å². The number of sulfonamides is 2. The number of aryl methyl sites for hydroxylation is 1. The maximum Gasteiger partial charge on any atom is 0.261 e. The Bertz CT molecular complexity index is 1030. The molecule has 2 aromatic rings. The molecule has 0 amide bonds. The molecule has 0 aromatic heterocycles. The van der Waals surface area contributed by atoms with E-state index in [4.69, 9.17) is 4.74 Å². The van der Waals surface area contributed by atoms with Crippen molar-refractivity contribution in [3.05, 3.63) is 48.0 Å². The van der Waals surface area contributed by atoms with Gasteiger partial charge in [0.2, 0.25) is 10.0 Å². The van der Waals surface area contributed by atoms with Gasteiger partial charge in [0.15, 0.2) is 0 Å². The first-order valence-electron chi connectivity index (χ1n) is 8.57. The second-order valence-electron chi connectivity index (χ2n) is 6.29. The maximum atomic E-state index is 12.6. The van der Waals surface area contributed by atoms with E-state index in [1.165, 1.54) is 22.7 Å². The van der Waals surface area contributed by atoms with Crippen LogP contribution >= 0.6 is 0 Å². The van der Waals surface area contributed by atoms with E-state index < -0.39 is 20.0 Å². The number of nitrogens with zero attached hydrogens (tertiary/aromatic N) is 1. The number of hydrogen-bond donors (Lipinski definition) is 1. The minimum absolute atomic E-state index is 0.126. The van der Waals surface area contributed by atoms with Crippen LogP contribution < -0.4 is 13.8 Å². The maximum absolute atomic E-state index is 12.6. The molecule has 0 radical (unpaired) electrons. The van der Waals surface area contributed by atoms with Crippen LogP contribution in [0.1, 0.15) is 18.9 Å². The third kappa shape index (κ3) is 4.36. The summed E-state index contributed by atoms with van der Waals surface area (Å²) in [5.41, 5.74) is 1.81. The summed E-state index contributed by atoms with van der Waals surface area (Å²) in [5, 5.41) is 0. The van der Waals surface area contributed by atoms with Crippen molar-refractivity contribution in [3.8, 4) is 5.75 Å². The van der Waals surface area contributed by atoms with Crippen molar-refractivity contribution >= 4 is 31.4 Å². The molecule has 146 valence electrons. The van der Waals surface area contributed by atoms with Crippen LogP contribution in [-0.4, -0.2) is 36.2 Å². The van der Waals surface area contributed by atoms with Gasteiger partial charge in [-0.05, 0) is 67.8 Å². The number of rotatable bonds is 6. The fourth-order valence-electron chi connectivity index (χ4n) is 3.07. The normalized spacial score (nSPS) is 14.5. The van der Waals surface area contributed by atoms with Crippen LogP contribution in [0, 0.1) is 0 Å². The molecule has 1 heterocycles. The third-order valence-corrected chi connectivity index (χ3v) is 6.83. The van der Waals surface area contributed by atoms with E-state index >= 15 is 0 Å². The molecular weight excluding hydrogens is 388 g/mol. The van der Waals surface area contributed by atoms with E-state index in [-0.39, 0.29) is 4.90 Å². The molecule has 3 rings (SSSR count). The highest BCUT2D eigenvalue weighted by Crippen LogP contribution is 2.32. The predicted octanol–water partition coefficient (Wildman–Crippen LogP) is 2.60. The Kier molecular flexibility index (Phi) is 5.34. The summed E-state index contributed by atoms with van der Waals surface area (Å²) in [4.78, 5) is 0.126. The van der Waals surface area contributed by atoms with Crippen molar-refractivity contribution < 1.29 is 21.6 Å². The smallest absolute Gasteiger partial charge is 0.261 e. The Morgan fingerprint density at radius 1 is 1.07 bits per heavy atom. The molecule has 9 heteroatoms. The molecule has 0 unspecified atom stereocenters. The van der Waals surface area contributed by atoms with Crippen LogP contribution in [-0.2, 0) is 26.5 Å². The van der Waals surface area contributed by atoms with Crippen LogP contribution in [0.5, 0.6) is 5.75 Å². The zero-order valence-electron chi connectivity index (χ0n) is 15.2. The van der Waals surface area contributed by atoms with E-state index in [1.807, 2.05) is 6.92 Å². The van der Waals surface area contributed by atoms with Gasteiger partial charge in [-0.25, -0.2) is 16.8 Å². The minimum Gasteiger partial charge on any atom is -0.494 e. The summed E-state index contributed by atoms with van der Waals surface area (Å²) in [5.74, 6) is 0.603. The first-order valence-corrected chi connectivity index (χ1v) is 11.9. The second kappa shape index (κ2) is 7.40. The van der Waals surface area contributed by atoms with E-state index in [9.17, 15) is 16.8 Å². The lowest BCUT2D eigenvalue weighted by Crippen LogP contribution is -2.34. The first kappa shape index (κ1) is 19.5. The Morgan fingerprint density at radius 2 is 1.78 bits per heavy atom. The average molecular weight is 411 g/mol. The van der Waals surface area contributed by atoms with Gasteiger partial charge >= 0.3 is 0 Å². The molecule has 7 nitrogen and oxygen atoms in total. The minimum atomic E-state index is -3.75. The van der Waals surface area contributed by atoms with Gasteiger partial charge in [0, 0.05) is 12.2 Å². The molecule has 27 heavy (non-hydrogen) atoms. The van der Waals surface area contributed by atoms with Gasteiger partial charge in [-0.2, -0.15) is 0 Å². The number of benzene rings is 2. The van der Waals surface area contributed by atoms with Crippen LogP contribution in [0.2, 0.25) is 0 Å². The molecule has 2 aromatic carbocycles.